The Labute approximate surface area is 146 Å². The van der Waals surface area contributed by atoms with E-state index in [1.165, 1.54) is 0 Å². The molecule has 0 fully saturated rings. The summed E-state index contributed by atoms with van der Waals surface area (Å²) in [6, 6.07) is 5.09. The second kappa shape index (κ2) is 7.32. The Bertz CT molecular complexity index is 855. The van der Waals surface area contributed by atoms with Gasteiger partial charge in [-0.15, -0.1) is 16.6 Å². The molecule has 0 saturated heterocycles. The van der Waals surface area contributed by atoms with Gasteiger partial charge in [-0.1, -0.05) is 5.92 Å². The number of terminal acetylenes is 1. The number of phenols is 1. The zero-order valence-electron chi connectivity index (χ0n) is 14.1. The van der Waals surface area contributed by atoms with E-state index in [1.807, 2.05) is 0 Å². The van der Waals surface area contributed by atoms with Crippen molar-refractivity contribution in [2.75, 3.05) is 18.9 Å². The molecule has 1 aromatic heterocycles. The van der Waals surface area contributed by atoms with Gasteiger partial charge in [-0.2, -0.15) is 0 Å². The molecule has 1 aromatic carbocycles. The van der Waals surface area contributed by atoms with Crippen molar-refractivity contribution in [3.05, 3.63) is 34.9 Å². The van der Waals surface area contributed by atoms with Crippen LogP contribution in [-0.4, -0.2) is 34.8 Å². The molecule has 1 aliphatic rings. The van der Waals surface area contributed by atoms with Crippen molar-refractivity contribution in [1.82, 2.24) is 15.5 Å². The molecule has 0 spiro atoms. The number of hydrogen-bond donors (Lipinski definition) is 3. The van der Waals surface area contributed by atoms with Crippen molar-refractivity contribution >= 4 is 11.7 Å². The molecule has 0 radical (unpaired) electrons. The summed E-state index contributed by atoms with van der Waals surface area (Å²) in [6.07, 6.45) is 9.12. The van der Waals surface area contributed by atoms with Gasteiger partial charge in [0.1, 0.15) is 11.4 Å². The molecule has 3 N–H and O–H groups in total. The molecule has 1 amide bonds. The Morgan fingerprint density at radius 2 is 2.04 bits per heavy atom. The first kappa shape index (κ1) is 16.9. The zero-order chi connectivity index (χ0) is 17.8. The van der Waals surface area contributed by atoms with E-state index in [0.717, 1.165) is 36.8 Å². The normalized spacial score (nSPS) is 13.0. The number of carbonyl (C=O) groups is 1. The summed E-state index contributed by atoms with van der Waals surface area (Å²) in [5, 5.41) is 24.5. The van der Waals surface area contributed by atoms with Crippen molar-refractivity contribution < 1.29 is 9.90 Å². The van der Waals surface area contributed by atoms with Crippen LogP contribution in [0, 0.1) is 12.3 Å². The van der Waals surface area contributed by atoms with E-state index in [1.54, 1.807) is 25.2 Å². The van der Waals surface area contributed by atoms with E-state index in [-0.39, 0.29) is 18.2 Å². The van der Waals surface area contributed by atoms with Gasteiger partial charge in [0, 0.05) is 16.7 Å². The van der Waals surface area contributed by atoms with Gasteiger partial charge in [-0.3, -0.25) is 4.79 Å². The average Bonchev–Trinajstić information content (AvgIpc) is 2.62. The molecule has 3 rings (SSSR count). The van der Waals surface area contributed by atoms with E-state index in [0.29, 0.717) is 22.6 Å². The fourth-order valence-electron chi connectivity index (χ4n) is 3.12. The lowest BCUT2D eigenvalue weighted by Gasteiger charge is -2.21. The quantitative estimate of drug-likeness (QED) is 0.742. The number of aromatic hydroxyl groups is 1. The molecule has 0 atom stereocenters. The van der Waals surface area contributed by atoms with Crippen LogP contribution in [0.4, 0.5) is 5.82 Å². The molecular weight excluding hydrogens is 316 g/mol. The highest BCUT2D eigenvalue weighted by molar-refractivity contribution is 5.92. The summed E-state index contributed by atoms with van der Waals surface area (Å²) >= 11 is 0. The lowest BCUT2D eigenvalue weighted by Crippen LogP contribution is -2.27. The number of nitrogens with zero attached hydrogens (tertiary/aromatic N) is 2. The number of benzene rings is 1. The highest BCUT2D eigenvalue weighted by Crippen LogP contribution is 2.36. The van der Waals surface area contributed by atoms with E-state index < -0.39 is 0 Å². The maximum absolute atomic E-state index is 11.9. The lowest BCUT2D eigenvalue weighted by atomic mass is 9.89. The number of rotatable bonds is 4. The summed E-state index contributed by atoms with van der Waals surface area (Å²) < 4.78 is 0. The first-order valence-electron chi connectivity index (χ1n) is 8.27. The average molecular weight is 336 g/mol. The Morgan fingerprint density at radius 1 is 1.28 bits per heavy atom. The van der Waals surface area contributed by atoms with Gasteiger partial charge in [0.05, 0.1) is 6.54 Å². The molecule has 128 valence electrons. The highest BCUT2D eigenvalue weighted by Gasteiger charge is 2.22. The fraction of sp³-hybridized carbons (Fsp3) is 0.316. The molecule has 6 nitrogen and oxygen atoms in total. The van der Waals surface area contributed by atoms with Crippen LogP contribution in [0.1, 0.15) is 29.5 Å². The third-order valence-electron chi connectivity index (χ3n) is 4.30. The summed E-state index contributed by atoms with van der Waals surface area (Å²) in [4.78, 5) is 11.9. The maximum Gasteiger partial charge on any atom is 0.239 e. The predicted octanol–water partition coefficient (Wildman–Crippen LogP) is 1.87. The van der Waals surface area contributed by atoms with Gasteiger partial charge in [-0.05, 0) is 56.5 Å². The van der Waals surface area contributed by atoms with Gasteiger partial charge in [0.25, 0.3) is 0 Å². The van der Waals surface area contributed by atoms with E-state index in [9.17, 15) is 9.90 Å². The summed E-state index contributed by atoms with van der Waals surface area (Å²) in [6.45, 7) is 0.215. The standard InChI is InChI=1S/C19H20N4O2/c1-3-12-8-9-15(16(24)10-12)18-13-6-4-5-7-14(13)19(23-22-18)21-17(25)11-20-2/h1,8-10,20,24H,4-7,11H2,2H3,(H,21,23,25). The third kappa shape index (κ3) is 3.47. The number of carbonyl (C=O) groups excluding carboxylic acids is 1. The molecule has 1 heterocycles. The van der Waals surface area contributed by atoms with Crippen molar-refractivity contribution in [3.63, 3.8) is 0 Å². The fourth-order valence-corrected chi connectivity index (χ4v) is 3.12. The summed E-state index contributed by atoms with van der Waals surface area (Å²) in [5.41, 5.74) is 3.91. The van der Waals surface area contributed by atoms with Crippen LogP contribution in [0.5, 0.6) is 5.75 Å². The van der Waals surface area contributed by atoms with Crippen LogP contribution >= 0.6 is 0 Å². The van der Waals surface area contributed by atoms with Crippen LogP contribution in [-0.2, 0) is 17.6 Å². The monoisotopic (exact) mass is 336 g/mol. The molecule has 6 heteroatoms. The number of hydrogen-bond acceptors (Lipinski definition) is 5. The van der Waals surface area contributed by atoms with Crippen molar-refractivity contribution in [2.24, 2.45) is 0 Å². The Kier molecular flexibility index (Phi) is 4.96. The van der Waals surface area contributed by atoms with Crippen molar-refractivity contribution in [1.29, 1.82) is 0 Å². The van der Waals surface area contributed by atoms with Gasteiger partial charge >= 0.3 is 0 Å². The van der Waals surface area contributed by atoms with Crippen LogP contribution in [0.3, 0.4) is 0 Å². The molecular formula is C19H20N4O2. The first-order valence-corrected chi connectivity index (χ1v) is 8.27. The number of likely N-dealkylation sites (N-methyl/N-ethyl adjacent to an activating group) is 1. The molecule has 0 bridgehead atoms. The molecule has 1 aliphatic carbocycles. The van der Waals surface area contributed by atoms with Crippen molar-refractivity contribution in [3.8, 4) is 29.4 Å². The minimum absolute atomic E-state index is 0.0875. The SMILES string of the molecule is C#Cc1ccc(-c2nnc(NC(=O)CNC)c3c2CCCC3)c(O)c1. The summed E-state index contributed by atoms with van der Waals surface area (Å²) in [5.74, 6) is 2.95. The number of anilines is 1. The van der Waals surface area contributed by atoms with E-state index in [4.69, 9.17) is 6.42 Å². The molecule has 0 saturated carbocycles. The topological polar surface area (TPSA) is 87.1 Å². The number of nitrogens with one attached hydrogen (secondary N) is 2. The molecule has 25 heavy (non-hydrogen) atoms. The number of phenolic OH excluding ortho intramolecular Hbond substituents is 1. The minimum atomic E-state index is -0.154. The van der Waals surface area contributed by atoms with Gasteiger partial charge in [-0.25, -0.2) is 0 Å². The zero-order valence-corrected chi connectivity index (χ0v) is 14.1. The molecule has 2 aromatic rings. The number of fused-ring (bicyclic) bond motifs is 1. The largest absolute Gasteiger partial charge is 0.507 e. The summed E-state index contributed by atoms with van der Waals surface area (Å²) in [7, 11) is 1.71. The Hall–Kier alpha value is -2.91. The predicted molar refractivity (Wildman–Crippen MR) is 96.3 cm³/mol. The highest BCUT2D eigenvalue weighted by atomic mass is 16.3. The Balaban J connectivity index is 2.05. The first-order chi connectivity index (χ1) is 12.1. The second-order valence-electron chi connectivity index (χ2n) is 6.02. The van der Waals surface area contributed by atoms with Crippen LogP contribution in [0.25, 0.3) is 11.3 Å². The van der Waals surface area contributed by atoms with Crippen LogP contribution < -0.4 is 10.6 Å². The van der Waals surface area contributed by atoms with Gasteiger partial charge in [0.2, 0.25) is 5.91 Å². The van der Waals surface area contributed by atoms with Crippen LogP contribution in [0.2, 0.25) is 0 Å². The van der Waals surface area contributed by atoms with Crippen LogP contribution in [0.15, 0.2) is 18.2 Å². The molecule has 0 unspecified atom stereocenters. The van der Waals surface area contributed by atoms with Gasteiger partial charge < -0.3 is 15.7 Å². The number of aromatic nitrogens is 2. The second-order valence-corrected chi connectivity index (χ2v) is 6.02. The van der Waals surface area contributed by atoms with Gasteiger partial charge in [0.15, 0.2) is 5.82 Å². The Morgan fingerprint density at radius 3 is 2.72 bits per heavy atom. The third-order valence-corrected chi connectivity index (χ3v) is 4.30. The van der Waals surface area contributed by atoms with Crippen molar-refractivity contribution in [2.45, 2.75) is 25.7 Å². The lowest BCUT2D eigenvalue weighted by molar-refractivity contribution is -0.115. The maximum atomic E-state index is 11.9. The minimum Gasteiger partial charge on any atom is -0.507 e. The van der Waals surface area contributed by atoms with E-state index >= 15 is 0 Å². The van der Waals surface area contributed by atoms with E-state index in [2.05, 4.69) is 26.8 Å². The smallest absolute Gasteiger partial charge is 0.239 e. The molecule has 0 aliphatic heterocycles. The number of amides is 1.